The molecule has 2 fully saturated rings. The maximum Gasteiger partial charge on any atom is 0.261 e. The van der Waals surface area contributed by atoms with E-state index in [4.69, 9.17) is 4.43 Å². The molecule has 0 amide bonds. The molecule has 0 unspecified atom stereocenters. The van der Waals surface area contributed by atoms with E-state index in [1.807, 2.05) is 0 Å². The van der Waals surface area contributed by atoms with Gasteiger partial charge in [0.15, 0.2) is 0 Å². The first-order chi connectivity index (χ1) is 12.9. The molecular weight excluding hydrogens is 348 g/mol. The van der Waals surface area contributed by atoms with E-state index < -0.39 is 8.32 Å². The first-order valence-corrected chi connectivity index (χ1v) is 12.3. The number of hydrogen-bond donors (Lipinski definition) is 1. The molecule has 4 rings (SSSR count). The van der Waals surface area contributed by atoms with E-state index in [1.165, 1.54) is 16.8 Å². The monoisotopic (exact) mass is 380 g/mol. The van der Waals surface area contributed by atoms with Crippen LogP contribution < -0.4 is 10.4 Å². The molecule has 2 aromatic carbocycles. The van der Waals surface area contributed by atoms with E-state index in [9.17, 15) is 5.11 Å². The van der Waals surface area contributed by atoms with Crippen molar-refractivity contribution in [3.8, 4) is 0 Å². The highest BCUT2D eigenvalue weighted by Crippen LogP contribution is 2.49. The second kappa shape index (κ2) is 7.19. The highest BCUT2D eigenvalue weighted by Gasteiger charge is 2.52. The summed E-state index contributed by atoms with van der Waals surface area (Å²) in [6.07, 6.45) is 3.22. The van der Waals surface area contributed by atoms with Gasteiger partial charge in [0, 0.05) is 6.61 Å². The lowest BCUT2D eigenvalue weighted by atomic mass is 9.88. The number of fused-ring (bicyclic) bond motifs is 2. The molecule has 2 aromatic rings. The third-order valence-corrected chi connectivity index (χ3v) is 11.9. The molecule has 2 aliphatic rings. The second-order valence-electron chi connectivity index (χ2n) is 9.53. The van der Waals surface area contributed by atoms with E-state index in [1.54, 1.807) is 0 Å². The van der Waals surface area contributed by atoms with Gasteiger partial charge in [0.2, 0.25) is 0 Å². The second-order valence-corrected chi connectivity index (χ2v) is 13.8. The average molecular weight is 381 g/mol. The lowest BCUT2D eigenvalue weighted by Crippen LogP contribution is -2.67. The van der Waals surface area contributed by atoms with Crippen LogP contribution in [0.2, 0.25) is 5.04 Å². The van der Waals surface area contributed by atoms with Crippen molar-refractivity contribution in [2.45, 2.75) is 51.2 Å². The Morgan fingerprint density at radius 3 is 1.81 bits per heavy atom. The molecule has 0 aliphatic heterocycles. The van der Waals surface area contributed by atoms with Crippen molar-refractivity contribution in [2.75, 3.05) is 6.61 Å². The van der Waals surface area contributed by atoms with Gasteiger partial charge >= 0.3 is 0 Å². The Morgan fingerprint density at radius 1 is 0.852 bits per heavy atom. The van der Waals surface area contributed by atoms with Crippen molar-refractivity contribution >= 4 is 18.7 Å². The van der Waals surface area contributed by atoms with Crippen LogP contribution in [0.25, 0.3) is 0 Å². The van der Waals surface area contributed by atoms with Gasteiger partial charge in [-0.25, -0.2) is 0 Å². The fourth-order valence-corrected chi connectivity index (χ4v) is 10.2. The number of benzene rings is 2. The van der Waals surface area contributed by atoms with Crippen molar-refractivity contribution in [1.29, 1.82) is 0 Å². The number of aliphatic hydroxyl groups is 1. The largest absolute Gasteiger partial charge is 0.407 e. The Kier molecular flexibility index (Phi) is 5.04. The maximum absolute atomic E-state index is 10.1. The summed E-state index contributed by atoms with van der Waals surface area (Å²) in [5.74, 6) is 1.74. The van der Waals surface area contributed by atoms with E-state index in [0.717, 1.165) is 19.4 Å². The highest BCUT2D eigenvalue weighted by atomic mass is 28.4. The summed E-state index contributed by atoms with van der Waals surface area (Å²) in [5.41, 5.74) is 0. The molecule has 2 saturated carbocycles. The minimum absolute atomic E-state index is 0.0346. The third kappa shape index (κ3) is 3.30. The van der Waals surface area contributed by atoms with Crippen molar-refractivity contribution in [3.63, 3.8) is 0 Å². The number of rotatable bonds is 5. The first kappa shape index (κ1) is 18.9. The number of aliphatic hydroxyl groups excluding tert-OH is 1. The fourth-order valence-electron chi connectivity index (χ4n) is 5.56. The van der Waals surface area contributed by atoms with Crippen LogP contribution in [0.15, 0.2) is 60.7 Å². The van der Waals surface area contributed by atoms with Gasteiger partial charge in [0.25, 0.3) is 8.32 Å². The van der Waals surface area contributed by atoms with Crippen LogP contribution >= 0.6 is 0 Å². The Labute approximate surface area is 164 Å². The Hall–Kier alpha value is -1.42. The van der Waals surface area contributed by atoms with Gasteiger partial charge in [-0.15, -0.1) is 0 Å². The lowest BCUT2D eigenvalue weighted by molar-refractivity contribution is 0.0791. The molecule has 3 heteroatoms. The normalized spacial score (nSPS) is 27.9. The predicted octanol–water partition coefficient (Wildman–Crippen LogP) is 3.97. The number of hydrogen-bond acceptors (Lipinski definition) is 2. The average Bonchev–Trinajstić information content (AvgIpc) is 3.22. The SMILES string of the molecule is CC(C)(C)[Si](OC[C@H]1C[C@H]2C[C@@H]1C[C@@H]2O)(c1ccccc1)c1ccccc1. The summed E-state index contributed by atoms with van der Waals surface area (Å²) in [4.78, 5) is 0. The molecule has 0 heterocycles. The van der Waals surface area contributed by atoms with Gasteiger partial charge in [-0.05, 0) is 52.4 Å². The zero-order valence-corrected chi connectivity index (χ0v) is 17.8. The Morgan fingerprint density at radius 2 is 1.41 bits per heavy atom. The molecule has 1 N–H and O–H groups in total. The Balaban J connectivity index is 1.70. The van der Waals surface area contributed by atoms with Gasteiger partial charge < -0.3 is 9.53 Å². The van der Waals surface area contributed by atoms with Crippen molar-refractivity contribution in [3.05, 3.63) is 60.7 Å². The Bertz CT molecular complexity index is 711. The standard InChI is InChI=1S/C24H32O2Si/c1-24(2,3)27(21-10-6-4-7-11-21,22-12-8-5-9-13-22)26-17-20-15-19-14-18(20)16-23(19)25/h4-13,18-20,23,25H,14-17H2,1-3H3/t18-,19-,20-,23+/m1/s1. The quantitative estimate of drug-likeness (QED) is 0.796. The van der Waals surface area contributed by atoms with E-state index in [2.05, 4.69) is 81.4 Å². The van der Waals surface area contributed by atoms with E-state index in [-0.39, 0.29) is 11.1 Å². The van der Waals surface area contributed by atoms with Crippen molar-refractivity contribution in [2.24, 2.45) is 17.8 Å². The van der Waals surface area contributed by atoms with Crippen LogP contribution in [-0.4, -0.2) is 26.1 Å². The molecule has 0 radical (unpaired) electrons. The minimum Gasteiger partial charge on any atom is -0.407 e. The molecule has 144 valence electrons. The van der Waals surface area contributed by atoms with Crippen molar-refractivity contribution < 1.29 is 9.53 Å². The summed E-state index contributed by atoms with van der Waals surface area (Å²) in [5, 5.41) is 12.9. The van der Waals surface area contributed by atoms with Gasteiger partial charge in [0.1, 0.15) is 0 Å². The molecule has 0 spiro atoms. The van der Waals surface area contributed by atoms with Gasteiger partial charge in [-0.3, -0.25) is 0 Å². The van der Waals surface area contributed by atoms with Crippen LogP contribution in [0, 0.1) is 17.8 Å². The molecule has 27 heavy (non-hydrogen) atoms. The van der Waals surface area contributed by atoms with Gasteiger partial charge in [-0.2, -0.15) is 0 Å². The third-order valence-electron chi connectivity index (χ3n) is 6.90. The van der Waals surface area contributed by atoms with Crippen LogP contribution in [0.5, 0.6) is 0 Å². The molecule has 4 atom stereocenters. The molecule has 0 aromatic heterocycles. The lowest BCUT2D eigenvalue weighted by Gasteiger charge is -2.44. The zero-order valence-electron chi connectivity index (χ0n) is 16.8. The fraction of sp³-hybridized carbons (Fsp3) is 0.500. The first-order valence-electron chi connectivity index (χ1n) is 10.3. The predicted molar refractivity (Wildman–Crippen MR) is 114 cm³/mol. The summed E-state index contributed by atoms with van der Waals surface area (Å²) in [7, 11) is -2.42. The van der Waals surface area contributed by atoms with Gasteiger partial charge in [-0.1, -0.05) is 81.4 Å². The molecule has 2 aliphatic carbocycles. The molecule has 0 saturated heterocycles. The van der Waals surface area contributed by atoms with Crippen LogP contribution in [-0.2, 0) is 4.43 Å². The molecule has 2 nitrogen and oxygen atoms in total. The topological polar surface area (TPSA) is 29.5 Å². The molecule has 2 bridgehead atoms. The van der Waals surface area contributed by atoms with E-state index >= 15 is 0 Å². The van der Waals surface area contributed by atoms with Crippen LogP contribution in [0.3, 0.4) is 0 Å². The molecular formula is C24H32O2Si. The van der Waals surface area contributed by atoms with Gasteiger partial charge in [0.05, 0.1) is 6.10 Å². The van der Waals surface area contributed by atoms with Crippen LogP contribution in [0.1, 0.15) is 40.0 Å². The summed E-state index contributed by atoms with van der Waals surface area (Å²) >= 11 is 0. The van der Waals surface area contributed by atoms with Crippen molar-refractivity contribution in [1.82, 2.24) is 0 Å². The minimum atomic E-state index is -2.42. The summed E-state index contributed by atoms with van der Waals surface area (Å²) < 4.78 is 7.10. The smallest absolute Gasteiger partial charge is 0.261 e. The summed E-state index contributed by atoms with van der Waals surface area (Å²) in [6, 6.07) is 21.8. The maximum atomic E-state index is 10.1. The zero-order chi connectivity index (χ0) is 19.1. The summed E-state index contributed by atoms with van der Waals surface area (Å²) in [6.45, 7) is 7.83. The van der Waals surface area contributed by atoms with E-state index in [0.29, 0.717) is 17.8 Å². The van der Waals surface area contributed by atoms with Crippen LogP contribution in [0.4, 0.5) is 0 Å². The highest BCUT2D eigenvalue weighted by molar-refractivity contribution is 6.99.